The van der Waals surface area contributed by atoms with Gasteiger partial charge in [0.25, 0.3) is 0 Å². The van der Waals surface area contributed by atoms with Crippen LogP contribution in [0.1, 0.15) is 19.3 Å². The summed E-state index contributed by atoms with van der Waals surface area (Å²) in [6, 6.07) is 0. The Bertz CT molecular complexity index is 136. The first-order valence-electron chi connectivity index (χ1n) is 4.25. The Labute approximate surface area is 100 Å². The molecule has 0 aromatic heterocycles. The van der Waals surface area contributed by atoms with Crippen LogP contribution in [0.15, 0.2) is 12.2 Å². The zero-order chi connectivity index (χ0) is 10.1. The highest BCUT2D eigenvalue weighted by molar-refractivity contribution is 6.28. The van der Waals surface area contributed by atoms with E-state index in [-0.39, 0.29) is 10.8 Å². The SMILES string of the molecule is ClCC(Cl)CC=CCCC(Cl)CCl. The van der Waals surface area contributed by atoms with Crippen LogP contribution in [-0.4, -0.2) is 22.5 Å². The number of hydrogen-bond acceptors (Lipinski definition) is 0. The van der Waals surface area contributed by atoms with Crippen molar-refractivity contribution in [3.8, 4) is 0 Å². The molecule has 0 saturated heterocycles. The predicted molar refractivity (Wildman–Crippen MR) is 63.7 cm³/mol. The largest absolute Gasteiger partial charge is 0.125 e. The minimum absolute atomic E-state index is 0.0396. The summed E-state index contributed by atoms with van der Waals surface area (Å²) in [6.07, 6.45) is 6.79. The van der Waals surface area contributed by atoms with Crippen LogP contribution in [0.25, 0.3) is 0 Å². The molecule has 0 fully saturated rings. The second-order valence-electron chi connectivity index (χ2n) is 2.79. The van der Waals surface area contributed by atoms with Gasteiger partial charge in [-0.3, -0.25) is 0 Å². The van der Waals surface area contributed by atoms with Crippen LogP contribution in [0.3, 0.4) is 0 Å². The third-order valence-electron chi connectivity index (χ3n) is 1.54. The van der Waals surface area contributed by atoms with E-state index < -0.39 is 0 Å². The van der Waals surface area contributed by atoms with Gasteiger partial charge in [0.05, 0.1) is 5.38 Å². The molecular weight excluding hydrogens is 250 g/mol. The van der Waals surface area contributed by atoms with Crippen molar-refractivity contribution in [2.45, 2.75) is 30.0 Å². The molecule has 0 bridgehead atoms. The van der Waals surface area contributed by atoms with Gasteiger partial charge in [0.1, 0.15) is 0 Å². The number of halogens is 4. The molecule has 0 rings (SSSR count). The molecular formula is C9H14Cl4. The first-order chi connectivity index (χ1) is 6.20. The molecule has 2 atom stereocenters. The Kier molecular flexibility index (Phi) is 10.1. The van der Waals surface area contributed by atoms with E-state index in [9.17, 15) is 0 Å². The van der Waals surface area contributed by atoms with Crippen molar-refractivity contribution in [2.75, 3.05) is 11.8 Å². The molecule has 0 aliphatic heterocycles. The van der Waals surface area contributed by atoms with Crippen molar-refractivity contribution >= 4 is 46.4 Å². The normalized spacial score (nSPS) is 16.3. The van der Waals surface area contributed by atoms with Crippen LogP contribution >= 0.6 is 46.4 Å². The second-order valence-corrected chi connectivity index (χ2v) is 4.64. The lowest BCUT2D eigenvalue weighted by atomic mass is 10.2. The summed E-state index contributed by atoms with van der Waals surface area (Å²) in [5, 5.41) is 0.115. The molecule has 0 aromatic carbocycles. The summed E-state index contributed by atoms with van der Waals surface area (Å²) >= 11 is 22.7. The zero-order valence-corrected chi connectivity index (χ0v) is 10.4. The third kappa shape index (κ3) is 9.21. The van der Waals surface area contributed by atoms with E-state index in [2.05, 4.69) is 6.08 Å². The lowest BCUT2D eigenvalue weighted by molar-refractivity contribution is 0.823. The molecule has 0 aliphatic carbocycles. The van der Waals surface area contributed by atoms with Gasteiger partial charge in [0.15, 0.2) is 0 Å². The van der Waals surface area contributed by atoms with Gasteiger partial charge in [-0.2, -0.15) is 0 Å². The van der Waals surface area contributed by atoms with E-state index in [1.54, 1.807) is 0 Å². The molecule has 0 aliphatic rings. The summed E-state index contributed by atoms with van der Waals surface area (Å²) in [5.74, 6) is 1.00. The minimum Gasteiger partial charge on any atom is -0.125 e. The van der Waals surface area contributed by atoms with Gasteiger partial charge in [-0.1, -0.05) is 12.2 Å². The van der Waals surface area contributed by atoms with E-state index in [0.717, 1.165) is 19.3 Å². The fourth-order valence-electron chi connectivity index (χ4n) is 0.779. The quantitative estimate of drug-likeness (QED) is 0.472. The fourth-order valence-corrected chi connectivity index (χ4v) is 1.29. The summed E-state index contributed by atoms with van der Waals surface area (Å²) < 4.78 is 0. The van der Waals surface area contributed by atoms with Crippen LogP contribution < -0.4 is 0 Å². The third-order valence-corrected chi connectivity index (χ3v) is 3.31. The zero-order valence-electron chi connectivity index (χ0n) is 7.36. The lowest BCUT2D eigenvalue weighted by Gasteiger charge is -2.01. The van der Waals surface area contributed by atoms with Crippen LogP contribution in [0.5, 0.6) is 0 Å². The molecule has 0 spiro atoms. The predicted octanol–water partition coefficient (Wildman–Crippen LogP) is 4.41. The molecule has 0 saturated carbocycles. The van der Waals surface area contributed by atoms with Crippen molar-refractivity contribution in [1.29, 1.82) is 0 Å². The standard InChI is InChI=1S/C9H14Cl4/c10-6-8(12)4-2-1-3-5-9(13)7-11/h1-2,8-9H,3-7H2. The van der Waals surface area contributed by atoms with Crippen molar-refractivity contribution in [3.63, 3.8) is 0 Å². The van der Waals surface area contributed by atoms with Crippen LogP contribution in [0.2, 0.25) is 0 Å². The maximum Gasteiger partial charge on any atom is 0.0505 e. The highest BCUT2D eigenvalue weighted by Gasteiger charge is 2.00. The smallest absolute Gasteiger partial charge is 0.0505 e. The summed E-state index contributed by atoms with van der Waals surface area (Å²) in [7, 11) is 0. The van der Waals surface area contributed by atoms with Gasteiger partial charge in [-0.25, -0.2) is 0 Å². The topological polar surface area (TPSA) is 0 Å². The van der Waals surface area contributed by atoms with Crippen molar-refractivity contribution < 1.29 is 0 Å². The lowest BCUT2D eigenvalue weighted by Crippen LogP contribution is -1.99. The molecule has 0 aromatic rings. The maximum atomic E-state index is 5.82. The summed E-state index contributed by atoms with van der Waals surface area (Å²) in [5.41, 5.74) is 0. The summed E-state index contributed by atoms with van der Waals surface area (Å²) in [4.78, 5) is 0. The molecule has 4 heteroatoms. The second kappa shape index (κ2) is 9.45. The van der Waals surface area contributed by atoms with Crippen molar-refractivity contribution in [3.05, 3.63) is 12.2 Å². The van der Waals surface area contributed by atoms with Crippen LogP contribution in [0.4, 0.5) is 0 Å². The van der Waals surface area contributed by atoms with Crippen LogP contribution in [-0.2, 0) is 0 Å². The monoisotopic (exact) mass is 262 g/mol. The van der Waals surface area contributed by atoms with E-state index >= 15 is 0 Å². The summed E-state index contributed by atoms with van der Waals surface area (Å²) in [6.45, 7) is 0. The number of hydrogen-bond donors (Lipinski definition) is 0. The van der Waals surface area contributed by atoms with Gasteiger partial charge in [0, 0.05) is 17.1 Å². The molecule has 2 unspecified atom stereocenters. The molecule has 0 N–H and O–H groups in total. The highest BCUT2D eigenvalue weighted by Crippen LogP contribution is 2.09. The van der Waals surface area contributed by atoms with Crippen LogP contribution in [0, 0.1) is 0 Å². The van der Waals surface area contributed by atoms with Gasteiger partial charge in [-0.15, -0.1) is 46.4 Å². The van der Waals surface area contributed by atoms with E-state index in [4.69, 9.17) is 46.4 Å². The Balaban J connectivity index is 3.31. The number of alkyl halides is 4. The molecule has 0 nitrogen and oxygen atoms in total. The molecule has 0 amide bonds. The van der Waals surface area contributed by atoms with E-state index in [1.807, 2.05) is 6.08 Å². The molecule has 0 radical (unpaired) electrons. The van der Waals surface area contributed by atoms with Crippen molar-refractivity contribution in [1.82, 2.24) is 0 Å². The Morgan fingerprint density at radius 3 is 2.08 bits per heavy atom. The Morgan fingerprint density at radius 1 is 0.923 bits per heavy atom. The van der Waals surface area contributed by atoms with Gasteiger partial charge in [-0.05, 0) is 19.3 Å². The average Bonchev–Trinajstić information content (AvgIpc) is 2.16. The fraction of sp³-hybridized carbons (Fsp3) is 0.778. The highest BCUT2D eigenvalue weighted by atomic mass is 35.5. The number of allylic oxidation sites excluding steroid dienone is 2. The van der Waals surface area contributed by atoms with E-state index in [1.165, 1.54) is 0 Å². The van der Waals surface area contributed by atoms with Gasteiger partial charge >= 0.3 is 0 Å². The van der Waals surface area contributed by atoms with Gasteiger partial charge in [0.2, 0.25) is 0 Å². The molecule has 13 heavy (non-hydrogen) atoms. The first-order valence-corrected chi connectivity index (χ1v) is 6.20. The number of rotatable bonds is 7. The maximum absolute atomic E-state index is 5.82. The first kappa shape index (κ1) is 13.9. The van der Waals surface area contributed by atoms with Crippen molar-refractivity contribution in [2.24, 2.45) is 0 Å². The Hall–Kier alpha value is 0.900. The molecule has 78 valence electrons. The van der Waals surface area contributed by atoms with Gasteiger partial charge < -0.3 is 0 Å². The average molecular weight is 264 g/mol. The van der Waals surface area contributed by atoms with E-state index in [0.29, 0.717) is 11.8 Å². The molecule has 0 heterocycles. The minimum atomic E-state index is 0.0396. The Morgan fingerprint density at radius 2 is 1.54 bits per heavy atom.